The molecule has 3 aliphatic rings. The molecule has 0 N–H and O–H groups in total. The number of carbonyl (C=O) groups is 2. The van der Waals surface area contributed by atoms with E-state index in [1.807, 2.05) is 0 Å². The lowest BCUT2D eigenvalue weighted by molar-refractivity contribution is -0.139. The molecule has 130 valence electrons. The third-order valence-electron chi connectivity index (χ3n) is 5.29. The van der Waals surface area contributed by atoms with E-state index in [0.717, 1.165) is 0 Å². The lowest BCUT2D eigenvalue weighted by Gasteiger charge is -2.32. The molecule has 0 radical (unpaired) electrons. The van der Waals surface area contributed by atoms with Gasteiger partial charge in [0.05, 0.1) is 19.0 Å². The minimum atomic E-state index is -0.829. The summed E-state index contributed by atoms with van der Waals surface area (Å²) in [5.74, 6) is 0.125. The Bertz CT molecular complexity index is 614. The quantitative estimate of drug-likeness (QED) is 0.817. The Balaban J connectivity index is 1.40. The lowest BCUT2D eigenvalue weighted by Crippen LogP contribution is -2.42. The van der Waals surface area contributed by atoms with E-state index in [0.29, 0.717) is 51.4 Å². The molecule has 2 aliphatic heterocycles. The van der Waals surface area contributed by atoms with E-state index in [2.05, 4.69) is 0 Å². The molecule has 0 spiro atoms. The molecule has 0 aromatic carbocycles. The molecule has 3 fully saturated rings. The zero-order chi connectivity index (χ0) is 16.7. The largest absolute Gasteiger partial charge is 0.459 e. The summed E-state index contributed by atoms with van der Waals surface area (Å²) < 4.78 is 24.0. The molecule has 0 unspecified atom stereocenters. The summed E-state index contributed by atoms with van der Waals surface area (Å²) in [7, 11) is 0. The van der Waals surface area contributed by atoms with E-state index in [1.165, 1.54) is 6.26 Å². The molecule has 2 amide bonds. The van der Waals surface area contributed by atoms with Gasteiger partial charge >= 0.3 is 0 Å². The van der Waals surface area contributed by atoms with Crippen molar-refractivity contribution in [2.45, 2.75) is 25.1 Å². The van der Waals surface area contributed by atoms with Crippen LogP contribution in [0.2, 0.25) is 0 Å². The van der Waals surface area contributed by atoms with Crippen molar-refractivity contribution in [2.75, 3.05) is 32.8 Å². The second-order valence-electron chi connectivity index (χ2n) is 6.91. The Morgan fingerprint density at radius 2 is 1.96 bits per heavy atom. The van der Waals surface area contributed by atoms with Gasteiger partial charge in [-0.1, -0.05) is 0 Å². The van der Waals surface area contributed by atoms with Gasteiger partial charge in [-0.25, -0.2) is 4.39 Å². The van der Waals surface area contributed by atoms with Gasteiger partial charge in [0.25, 0.3) is 5.91 Å². The first-order chi connectivity index (χ1) is 11.6. The Morgan fingerprint density at radius 3 is 2.67 bits per heavy atom. The summed E-state index contributed by atoms with van der Waals surface area (Å²) in [5, 5.41) is 0. The fourth-order valence-electron chi connectivity index (χ4n) is 3.82. The summed E-state index contributed by atoms with van der Waals surface area (Å²) in [6.45, 7) is 2.63. The molecule has 3 heterocycles. The van der Waals surface area contributed by atoms with Crippen LogP contribution in [0.3, 0.4) is 0 Å². The number of nitrogens with zero attached hydrogens (tertiary/aromatic N) is 2. The Kier molecular flexibility index (Phi) is 4.04. The van der Waals surface area contributed by atoms with Gasteiger partial charge in [0.1, 0.15) is 6.17 Å². The molecule has 24 heavy (non-hydrogen) atoms. The van der Waals surface area contributed by atoms with Crippen molar-refractivity contribution in [3.05, 3.63) is 24.2 Å². The Morgan fingerprint density at radius 1 is 1.17 bits per heavy atom. The van der Waals surface area contributed by atoms with Gasteiger partial charge in [-0.05, 0) is 25.0 Å². The molecule has 2 saturated heterocycles. The van der Waals surface area contributed by atoms with Crippen molar-refractivity contribution >= 4 is 11.8 Å². The van der Waals surface area contributed by atoms with Crippen molar-refractivity contribution in [2.24, 2.45) is 11.8 Å². The lowest BCUT2D eigenvalue weighted by atomic mass is 9.82. The molecule has 0 bridgehead atoms. The van der Waals surface area contributed by atoms with E-state index in [9.17, 15) is 14.0 Å². The van der Waals surface area contributed by atoms with E-state index in [1.54, 1.807) is 21.9 Å². The monoisotopic (exact) mass is 336 g/mol. The first-order valence-corrected chi connectivity index (χ1v) is 8.49. The van der Waals surface area contributed by atoms with Crippen LogP contribution in [0.1, 0.15) is 23.4 Å². The summed E-state index contributed by atoms with van der Waals surface area (Å²) in [6, 6.07) is 3.34. The van der Waals surface area contributed by atoms with Crippen molar-refractivity contribution in [3.63, 3.8) is 0 Å². The minimum absolute atomic E-state index is 0.0319. The number of likely N-dealkylation sites (tertiary alicyclic amines) is 1. The number of hydrogen-bond donors (Lipinski definition) is 0. The second kappa shape index (κ2) is 6.20. The average molecular weight is 336 g/mol. The van der Waals surface area contributed by atoms with Crippen LogP contribution < -0.4 is 0 Å². The normalized spacial score (nSPS) is 32.9. The number of amides is 2. The summed E-state index contributed by atoms with van der Waals surface area (Å²) >= 11 is 0. The van der Waals surface area contributed by atoms with Crippen molar-refractivity contribution < 1.29 is 23.1 Å². The van der Waals surface area contributed by atoms with Crippen molar-refractivity contribution in [1.29, 1.82) is 0 Å². The SMILES string of the molecule is O=C(c1ccco1)N1CCO[C@@H]2CN(C(=O)C3CC(F)C3)C[C@@H]2C1. The van der Waals surface area contributed by atoms with Crippen molar-refractivity contribution in [3.8, 4) is 0 Å². The highest BCUT2D eigenvalue weighted by Gasteiger charge is 2.44. The zero-order valence-electron chi connectivity index (χ0n) is 13.4. The summed E-state index contributed by atoms with van der Waals surface area (Å²) in [4.78, 5) is 28.4. The van der Waals surface area contributed by atoms with E-state index in [4.69, 9.17) is 9.15 Å². The third-order valence-corrected chi connectivity index (χ3v) is 5.29. The molecule has 1 aliphatic carbocycles. The number of halogens is 1. The molecule has 6 nitrogen and oxygen atoms in total. The number of rotatable bonds is 2. The van der Waals surface area contributed by atoms with Gasteiger partial charge in [-0.2, -0.15) is 0 Å². The van der Waals surface area contributed by atoms with Crippen LogP contribution in [-0.4, -0.2) is 66.7 Å². The number of hydrogen-bond acceptors (Lipinski definition) is 4. The number of furan rings is 1. The molecule has 7 heteroatoms. The summed E-state index contributed by atoms with van der Waals surface area (Å²) in [6.07, 6.45) is 1.29. The maximum Gasteiger partial charge on any atom is 0.289 e. The van der Waals surface area contributed by atoms with Gasteiger partial charge in [0.15, 0.2) is 5.76 Å². The van der Waals surface area contributed by atoms with Gasteiger partial charge in [0, 0.05) is 38.0 Å². The predicted molar refractivity (Wildman–Crippen MR) is 82.0 cm³/mol. The standard InChI is InChI=1S/C17H21FN2O4/c18-13-6-11(7-13)16(21)20-9-12-8-19(3-5-24-15(12)10-20)17(22)14-2-1-4-23-14/h1-2,4,11-13,15H,3,5-10H2/t11?,12-,13?,15+/m0/s1. The Hall–Kier alpha value is -1.89. The smallest absolute Gasteiger partial charge is 0.289 e. The number of alkyl halides is 1. The van der Waals surface area contributed by atoms with Crippen LogP contribution in [0.15, 0.2) is 22.8 Å². The number of ether oxygens (including phenoxy) is 1. The highest BCUT2D eigenvalue weighted by atomic mass is 19.1. The summed E-state index contributed by atoms with van der Waals surface area (Å²) in [5.41, 5.74) is 0. The first kappa shape index (κ1) is 15.6. The molecular weight excluding hydrogens is 315 g/mol. The maximum absolute atomic E-state index is 13.0. The molecule has 1 saturated carbocycles. The first-order valence-electron chi connectivity index (χ1n) is 8.49. The van der Waals surface area contributed by atoms with E-state index >= 15 is 0 Å². The van der Waals surface area contributed by atoms with Crippen molar-refractivity contribution in [1.82, 2.24) is 9.80 Å². The highest BCUT2D eigenvalue weighted by molar-refractivity contribution is 5.91. The second-order valence-corrected chi connectivity index (χ2v) is 6.91. The van der Waals surface area contributed by atoms with Gasteiger partial charge < -0.3 is 19.0 Å². The van der Waals surface area contributed by atoms with Gasteiger partial charge in [0.2, 0.25) is 5.91 Å². The maximum atomic E-state index is 13.0. The zero-order valence-corrected chi connectivity index (χ0v) is 13.4. The fraction of sp³-hybridized carbons (Fsp3) is 0.647. The van der Waals surface area contributed by atoms with Crippen LogP contribution in [0, 0.1) is 11.8 Å². The number of carbonyl (C=O) groups excluding carboxylic acids is 2. The number of fused-ring (bicyclic) bond motifs is 1. The molecule has 1 aromatic rings. The predicted octanol–water partition coefficient (Wildman–Crippen LogP) is 1.33. The van der Waals surface area contributed by atoms with Crippen LogP contribution in [0.4, 0.5) is 4.39 Å². The van der Waals surface area contributed by atoms with E-state index < -0.39 is 6.17 Å². The van der Waals surface area contributed by atoms with Gasteiger partial charge in [-0.15, -0.1) is 0 Å². The van der Waals surface area contributed by atoms with Crippen LogP contribution >= 0.6 is 0 Å². The van der Waals surface area contributed by atoms with Gasteiger partial charge in [-0.3, -0.25) is 9.59 Å². The van der Waals surface area contributed by atoms with Crippen LogP contribution in [0.5, 0.6) is 0 Å². The topological polar surface area (TPSA) is 63.0 Å². The van der Waals surface area contributed by atoms with Crippen LogP contribution in [-0.2, 0) is 9.53 Å². The Labute approximate surface area is 139 Å². The molecule has 2 atom stereocenters. The van der Waals surface area contributed by atoms with E-state index in [-0.39, 0.29) is 29.8 Å². The highest BCUT2D eigenvalue weighted by Crippen LogP contribution is 2.34. The third kappa shape index (κ3) is 2.81. The average Bonchev–Trinajstić information content (AvgIpc) is 3.17. The van der Waals surface area contributed by atoms with Crippen LogP contribution in [0.25, 0.3) is 0 Å². The molecule has 1 aromatic heterocycles. The minimum Gasteiger partial charge on any atom is -0.459 e. The fourth-order valence-corrected chi connectivity index (χ4v) is 3.82. The molecular formula is C17H21FN2O4. The molecule has 4 rings (SSSR count).